The first-order valence-electron chi connectivity index (χ1n) is 13.9. The van der Waals surface area contributed by atoms with Gasteiger partial charge in [0, 0.05) is 12.5 Å². The molecule has 1 aliphatic rings. The van der Waals surface area contributed by atoms with E-state index in [1.807, 2.05) is 54.6 Å². The Morgan fingerprint density at radius 2 is 1.71 bits per heavy atom. The zero-order valence-corrected chi connectivity index (χ0v) is 24.2. The van der Waals surface area contributed by atoms with Crippen LogP contribution in [0.25, 0.3) is 0 Å². The summed E-state index contributed by atoms with van der Waals surface area (Å²) in [6.45, 7) is 5.54. The largest absolute Gasteiger partial charge is 0.497 e. The van der Waals surface area contributed by atoms with Crippen LogP contribution in [-0.4, -0.2) is 67.3 Å². The third-order valence-corrected chi connectivity index (χ3v) is 6.81. The predicted octanol–water partition coefficient (Wildman–Crippen LogP) is 4.05. The molecule has 222 valence electrons. The van der Waals surface area contributed by atoms with Gasteiger partial charge in [0.1, 0.15) is 30.5 Å². The van der Waals surface area contributed by atoms with Crippen molar-refractivity contribution in [3.8, 4) is 5.75 Å². The van der Waals surface area contributed by atoms with Crippen LogP contribution in [0.15, 0.2) is 54.6 Å². The molecule has 3 rings (SSSR count). The number of alkyl carbamates (subject to hydrolysis) is 1. The lowest BCUT2D eigenvalue weighted by Crippen LogP contribution is -2.47. The summed E-state index contributed by atoms with van der Waals surface area (Å²) in [4.78, 5) is 52.7. The van der Waals surface area contributed by atoms with Crippen LogP contribution in [0.3, 0.4) is 0 Å². The number of ether oxygens (including phenoxy) is 4. The fraction of sp³-hybridized carbons (Fsp3) is 0.484. The molecule has 41 heavy (non-hydrogen) atoms. The number of carbonyl (C=O) groups excluding carboxylic acids is 4. The van der Waals surface area contributed by atoms with Crippen molar-refractivity contribution in [2.45, 2.75) is 64.7 Å². The van der Waals surface area contributed by atoms with Gasteiger partial charge >= 0.3 is 18.0 Å². The molecule has 1 saturated heterocycles. The van der Waals surface area contributed by atoms with Gasteiger partial charge in [0.25, 0.3) is 0 Å². The first kappa shape index (κ1) is 31.4. The highest BCUT2D eigenvalue weighted by Gasteiger charge is 2.40. The molecule has 0 spiro atoms. The molecule has 1 aliphatic heterocycles. The van der Waals surface area contributed by atoms with Gasteiger partial charge in [-0.25, -0.2) is 9.59 Å². The van der Waals surface area contributed by atoms with Crippen LogP contribution in [0.4, 0.5) is 4.79 Å². The number of amides is 2. The summed E-state index contributed by atoms with van der Waals surface area (Å²) in [5.41, 5.74) is 0.706. The molecule has 0 aromatic heterocycles. The Morgan fingerprint density at radius 1 is 1.00 bits per heavy atom. The van der Waals surface area contributed by atoms with Gasteiger partial charge in [-0.3, -0.25) is 9.59 Å². The van der Waals surface area contributed by atoms with Gasteiger partial charge in [0.05, 0.1) is 13.7 Å². The summed E-state index contributed by atoms with van der Waals surface area (Å²) in [6.07, 6.45) is 0.963. The summed E-state index contributed by atoms with van der Waals surface area (Å²) < 4.78 is 21.3. The summed E-state index contributed by atoms with van der Waals surface area (Å²) in [5.74, 6) is -1.12. The number of nitrogens with zero attached hydrogens (tertiary/aromatic N) is 1. The maximum absolute atomic E-state index is 14.0. The Labute approximate surface area is 241 Å². The number of esters is 2. The first-order chi connectivity index (χ1) is 19.6. The highest BCUT2D eigenvalue weighted by Crippen LogP contribution is 2.30. The zero-order valence-electron chi connectivity index (χ0n) is 24.2. The number of benzene rings is 2. The third kappa shape index (κ3) is 9.81. The average molecular weight is 569 g/mol. The molecule has 2 atom stereocenters. The van der Waals surface area contributed by atoms with Crippen molar-refractivity contribution in [2.75, 3.05) is 26.8 Å². The third-order valence-electron chi connectivity index (χ3n) is 6.81. The molecule has 0 bridgehead atoms. The molecule has 10 nitrogen and oxygen atoms in total. The molecule has 1 heterocycles. The van der Waals surface area contributed by atoms with Crippen LogP contribution in [0, 0.1) is 5.92 Å². The summed E-state index contributed by atoms with van der Waals surface area (Å²) >= 11 is 0. The second-order valence-electron chi connectivity index (χ2n) is 10.5. The van der Waals surface area contributed by atoms with E-state index in [0.717, 1.165) is 11.1 Å². The second kappa shape index (κ2) is 15.1. The van der Waals surface area contributed by atoms with Gasteiger partial charge < -0.3 is 29.2 Å². The van der Waals surface area contributed by atoms with Gasteiger partial charge in [0.2, 0.25) is 5.91 Å². The standard InChI is InChI=1S/C31H40N2O8/c1-5-39-27(34)20-32-30(37)41-31(2,3)19-24(18-22-13-15-25(38-4)16-14-22)28(35)33-17-9-12-26(33)29(36)40-21-23-10-7-6-8-11-23/h6-8,10-11,13-16,24,26H,5,9,12,17-21H2,1-4H3,(H,32,37). The smallest absolute Gasteiger partial charge is 0.408 e. The Kier molecular flexibility index (Phi) is 11.6. The van der Waals surface area contributed by atoms with E-state index in [4.69, 9.17) is 18.9 Å². The van der Waals surface area contributed by atoms with E-state index in [-0.39, 0.29) is 32.1 Å². The van der Waals surface area contributed by atoms with E-state index in [2.05, 4.69) is 5.32 Å². The Bertz CT molecular complexity index is 1170. The molecule has 2 amide bonds. The van der Waals surface area contributed by atoms with Gasteiger partial charge in [0.15, 0.2) is 0 Å². The van der Waals surface area contributed by atoms with Crippen LogP contribution in [0.1, 0.15) is 51.2 Å². The van der Waals surface area contributed by atoms with Crippen LogP contribution in [0.2, 0.25) is 0 Å². The van der Waals surface area contributed by atoms with Crippen molar-refractivity contribution >= 4 is 23.9 Å². The van der Waals surface area contributed by atoms with Gasteiger partial charge in [-0.1, -0.05) is 42.5 Å². The Balaban J connectivity index is 1.72. The van der Waals surface area contributed by atoms with E-state index in [1.165, 1.54) is 0 Å². The summed E-state index contributed by atoms with van der Waals surface area (Å²) in [7, 11) is 1.58. The maximum atomic E-state index is 14.0. The Morgan fingerprint density at radius 3 is 2.37 bits per heavy atom. The lowest BCUT2D eigenvalue weighted by atomic mass is 9.87. The van der Waals surface area contributed by atoms with E-state index in [1.54, 1.807) is 32.8 Å². The quantitative estimate of drug-likeness (QED) is 0.284. The van der Waals surface area contributed by atoms with E-state index >= 15 is 0 Å². The molecule has 10 heteroatoms. The fourth-order valence-corrected chi connectivity index (χ4v) is 4.91. The topological polar surface area (TPSA) is 120 Å². The SMILES string of the molecule is CCOC(=O)CNC(=O)OC(C)(C)CC(Cc1ccc(OC)cc1)C(=O)N1CCCC1C(=O)OCc1ccccc1. The molecule has 2 aromatic carbocycles. The van der Waals surface area contributed by atoms with Crippen LogP contribution in [-0.2, 0) is 41.6 Å². The normalized spacial score (nSPS) is 15.5. The van der Waals surface area contributed by atoms with E-state index in [9.17, 15) is 19.2 Å². The highest BCUT2D eigenvalue weighted by molar-refractivity contribution is 5.87. The molecule has 2 unspecified atom stereocenters. The number of carbonyl (C=O) groups is 4. The molecular weight excluding hydrogens is 528 g/mol. The van der Waals surface area contributed by atoms with Crippen molar-refractivity contribution in [3.05, 3.63) is 65.7 Å². The van der Waals surface area contributed by atoms with E-state index < -0.39 is 35.6 Å². The number of rotatable bonds is 13. The monoisotopic (exact) mass is 568 g/mol. The number of nitrogens with one attached hydrogen (secondary N) is 1. The second-order valence-corrected chi connectivity index (χ2v) is 10.5. The maximum Gasteiger partial charge on any atom is 0.408 e. The minimum atomic E-state index is -1.06. The number of likely N-dealkylation sites (tertiary alicyclic amines) is 1. The van der Waals surface area contributed by atoms with Crippen molar-refractivity contribution in [1.29, 1.82) is 0 Å². The lowest BCUT2D eigenvalue weighted by molar-refractivity contribution is -0.156. The minimum absolute atomic E-state index is 0.134. The molecule has 1 N–H and O–H groups in total. The van der Waals surface area contributed by atoms with Gasteiger partial charge in [-0.05, 0) is 69.7 Å². The van der Waals surface area contributed by atoms with Crippen molar-refractivity contribution in [2.24, 2.45) is 5.92 Å². The molecule has 1 fully saturated rings. The van der Waals surface area contributed by atoms with Crippen molar-refractivity contribution in [3.63, 3.8) is 0 Å². The number of methoxy groups -OCH3 is 1. The molecule has 2 aromatic rings. The predicted molar refractivity (Wildman–Crippen MR) is 151 cm³/mol. The molecule has 0 saturated carbocycles. The lowest BCUT2D eigenvalue weighted by Gasteiger charge is -2.33. The number of hydrogen-bond acceptors (Lipinski definition) is 8. The van der Waals surface area contributed by atoms with Gasteiger partial charge in [-0.15, -0.1) is 0 Å². The van der Waals surface area contributed by atoms with Crippen LogP contribution < -0.4 is 10.1 Å². The molecular formula is C31H40N2O8. The van der Waals surface area contributed by atoms with Crippen LogP contribution in [0.5, 0.6) is 5.75 Å². The van der Waals surface area contributed by atoms with Gasteiger partial charge in [-0.2, -0.15) is 0 Å². The van der Waals surface area contributed by atoms with E-state index in [0.29, 0.717) is 31.6 Å². The molecule has 0 aliphatic carbocycles. The highest BCUT2D eigenvalue weighted by atomic mass is 16.6. The molecule has 0 radical (unpaired) electrons. The zero-order chi connectivity index (χ0) is 29.8. The average Bonchev–Trinajstić information content (AvgIpc) is 3.45. The van der Waals surface area contributed by atoms with Crippen molar-refractivity contribution in [1.82, 2.24) is 10.2 Å². The minimum Gasteiger partial charge on any atom is -0.497 e. The van der Waals surface area contributed by atoms with Crippen LogP contribution >= 0.6 is 0 Å². The first-order valence-corrected chi connectivity index (χ1v) is 13.9. The van der Waals surface area contributed by atoms with Crippen molar-refractivity contribution < 1.29 is 38.1 Å². The Hall–Kier alpha value is -4.08. The number of hydrogen-bond donors (Lipinski definition) is 1. The summed E-state index contributed by atoms with van der Waals surface area (Å²) in [6, 6.07) is 16.1. The fourth-order valence-electron chi connectivity index (χ4n) is 4.91. The summed E-state index contributed by atoms with van der Waals surface area (Å²) in [5, 5.41) is 2.39.